The molecule has 2 saturated carbocycles. The number of ether oxygens (including phenoxy) is 2. The Morgan fingerprint density at radius 3 is 2.49 bits per heavy atom. The topological polar surface area (TPSA) is 149 Å². The molecule has 3 fully saturated rings. The van der Waals surface area contributed by atoms with Crippen LogP contribution >= 0.6 is 0 Å². The van der Waals surface area contributed by atoms with Gasteiger partial charge in [-0.1, -0.05) is 64.1 Å². The second-order valence-corrected chi connectivity index (χ2v) is 19.9. The van der Waals surface area contributed by atoms with Crippen molar-refractivity contribution < 1.29 is 37.1 Å². The Hall–Kier alpha value is -4.58. The van der Waals surface area contributed by atoms with Gasteiger partial charge in [0.15, 0.2) is 5.78 Å². The molecule has 1 aromatic heterocycles. The number of pyridine rings is 1. The number of carbonyl (C=O) groups is 4. The van der Waals surface area contributed by atoms with E-state index in [-0.39, 0.29) is 56.4 Å². The van der Waals surface area contributed by atoms with E-state index in [9.17, 15) is 27.6 Å². The normalized spacial score (nSPS) is 27.2. The SMILES string of the molecule is C=C[C@@H]1C[C@]1(CC(=O)[C@@H]1C[C@@H]2CN1C(=O)[C@H](C(C)(C)C)CC(=O)OCC(C)CCCc1cc3c(cc(-c4ccccc4)nc3cc1C)O2)C(=O)NS(=O)(=O)C1CC1. The van der Waals surface area contributed by atoms with Crippen LogP contribution < -0.4 is 9.46 Å². The summed E-state index contributed by atoms with van der Waals surface area (Å²) in [5, 5.41) is 0.225. The van der Waals surface area contributed by atoms with Gasteiger partial charge in [-0.3, -0.25) is 23.9 Å². The number of allylic oxidation sites excluding steroid dienone is 1. The molecule has 4 bridgehead atoms. The van der Waals surface area contributed by atoms with E-state index in [4.69, 9.17) is 14.5 Å². The molecule has 1 N–H and O–H groups in total. The molecule has 2 aliphatic heterocycles. The number of aromatic nitrogens is 1. The van der Waals surface area contributed by atoms with Gasteiger partial charge in [-0.15, -0.1) is 6.58 Å². The fourth-order valence-electron chi connectivity index (χ4n) is 8.58. The minimum atomic E-state index is -3.86. The number of rotatable bonds is 8. The number of hydrogen-bond donors (Lipinski definition) is 1. The number of fused-ring (bicyclic) bond motifs is 3. The Bertz CT molecular complexity index is 2190. The predicted octanol–water partition coefficient (Wildman–Crippen LogP) is 6.89. The first-order valence-electron chi connectivity index (χ1n) is 20.3. The monoisotopic (exact) mass is 797 g/mol. The molecule has 2 aliphatic carbocycles. The van der Waals surface area contributed by atoms with Crippen molar-refractivity contribution in [1.29, 1.82) is 0 Å². The molecular weight excluding hydrogens is 743 g/mol. The van der Waals surface area contributed by atoms with Crippen LogP contribution in [0.1, 0.15) is 90.2 Å². The van der Waals surface area contributed by atoms with Crippen molar-refractivity contribution in [2.45, 2.75) is 110 Å². The van der Waals surface area contributed by atoms with Crippen LogP contribution in [-0.4, -0.2) is 72.4 Å². The van der Waals surface area contributed by atoms with E-state index in [1.165, 1.54) is 4.90 Å². The van der Waals surface area contributed by atoms with Crippen molar-refractivity contribution in [1.82, 2.24) is 14.6 Å². The van der Waals surface area contributed by atoms with Crippen molar-refractivity contribution in [3.05, 3.63) is 72.3 Å². The van der Waals surface area contributed by atoms with Gasteiger partial charge in [-0.25, -0.2) is 13.4 Å². The molecule has 304 valence electrons. The van der Waals surface area contributed by atoms with Crippen molar-refractivity contribution in [2.75, 3.05) is 13.2 Å². The summed E-state index contributed by atoms with van der Waals surface area (Å²) in [6.45, 7) is 14.0. The van der Waals surface area contributed by atoms with Crippen molar-refractivity contribution >= 4 is 44.5 Å². The van der Waals surface area contributed by atoms with E-state index < -0.39 is 62.0 Å². The third kappa shape index (κ3) is 8.66. The van der Waals surface area contributed by atoms with Crippen LogP contribution in [0.5, 0.6) is 5.75 Å². The van der Waals surface area contributed by atoms with Crippen LogP contribution in [0.15, 0.2) is 61.2 Å². The van der Waals surface area contributed by atoms with E-state index in [0.717, 1.165) is 52.5 Å². The van der Waals surface area contributed by atoms with E-state index in [2.05, 4.69) is 37.3 Å². The Balaban J connectivity index is 1.28. The second kappa shape index (κ2) is 15.6. The molecule has 3 heterocycles. The van der Waals surface area contributed by atoms with Gasteiger partial charge >= 0.3 is 5.97 Å². The largest absolute Gasteiger partial charge is 0.488 e. The van der Waals surface area contributed by atoms with Crippen LogP contribution in [0.3, 0.4) is 0 Å². The summed E-state index contributed by atoms with van der Waals surface area (Å²) in [6.07, 6.45) is 4.49. The van der Waals surface area contributed by atoms with Gasteiger partial charge in [0.25, 0.3) is 0 Å². The summed E-state index contributed by atoms with van der Waals surface area (Å²) in [7, 11) is -3.86. The third-order valence-corrected chi connectivity index (χ3v) is 14.3. The Morgan fingerprint density at radius 2 is 1.82 bits per heavy atom. The predicted molar refractivity (Wildman–Crippen MR) is 218 cm³/mol. The van der Waals surface area contributed by atoms with Gasteiger partial charge in [0.1, 0.15) is 11.9 Å². The van der Waals surface area contributed by atoms with Gasteiger partial charge in [0, 0.05) is 29.9 Å². The number of aryl methyl sites for hydroxylation is 2. The van der Waals surface area contributed by atoms with Gasteiger partial charge in [-0.2, -0.15) is 0 Å². The van der Waals surface area contributed by atoms with Gasteiger partial charge < -0.3 is 14.4 Å². The zero-order chi connectivity index (χ0) is 40.9. The van der Waals surface area contributed by atoms with Crippen molar-refractivity contribution in [3.8, 4) is 17.0 Å². The number of benzene rings is 2. The minimum Gasteiger partial charge on any atom is -0.488 e. The van der Waals surface area contributed by atoms with Crippen LogP contribution in [0.25, 0.3) is 22.2 Å². The summed E-state index contributed by atoms with van der Waals surface area (Å²) in [4.78, 5) is 63.1. The lowest BCUT2D eigenvalue weighted by Crippen LogP contribution is -2.48. The maximum Gasteiger partial charge on any atom is 0.306 e. The average Bonchev–Trinajstić information content (AvgIpc) is 4.09. The van der Waals surface area contributed by atoms with Gasteiger partial charge in [0.2, 0.25) is 21.8 Å². The Labute approximate surface area is 336 Å². The number of ketones is 1. The molecule has 4 aliphatic rings. The average molecular weight is 798 g/mol. The number of cyclic esters (lactones) is 1. The fraction of sp³-hybridized carbons (Fsp3) is 0.533. The molecular formula is C45H55N3O8S. The van der Waals surface area contributed by atoms with Crippen LogP contribution in [-0.2, 0) is 40.4 Å². The minimum absolute atomic E-state index is 0.0667. The van der Waals surface area contributed by atoms with Gasteiger partial charge in [0.05, 0.1) is 53.4 Å². The highest BCUT2D eigenvalue weighted by atomic mass is 32.2. The standard InChI is InChI=1S/C45H55N3O8S/c1-7-31-23-45(31,43(52)47-57(53,54)33-16-17-33)24-39(49)38-20-32-25-48(38)42(51)35(44(4,5)6)21-41(50)55-26-27(2)12-11-15-30-19-34-37(18-28(30)3)46-36(22-40(34)56-32)29-13-9-8-10-14-29/h7-10,13-14,18-19,22,27,31-33,35,38H,1,11-12,15-17,20-21,23-26H2,2-6H3,(H,47,52)/t27?,31-,32-,35-,38+,45-/m1/s1. The molecule has 2 aromatic carbocycles. The quantitative estimate of drug-likeness (QED) is 0.190. The molecule has 6 atom stereocenters. The summed E-state index contributed by atoms with van der Waals surface area (Å²) in [5.74, 6) is -2.42. The number of Topliss-reactive ketones (excluding diaryl/α,β-unsaturated/α-hetero) is 1. The first-order chi connectivity index (χ1) is 27.0. The first kappa shape index (κ1) is 40.6. The highest BCUT2D eigenvalue weighted by Crippen LogP contribution is 2.57. The van der Waals surface area contributed by atoms with E-state index in [1.54, 1.807) is 6.08 Å². The lowest BCUT2D eigenvalue weighted by molar-refractivity contribution is -0.154. The second-order valence-electron chi connectivity index (χ2n) is 18.0. The summed E-state index contributed by atoms with van der Waals surface area (Å²) in [5.41, 5.74) is 2.72. The Kier molecular flexibility index (Phi) is 11.1. The number of esters is 1. The maximum absolute atomic E-state index is 14.8. The number of nitrogens with zero attached hydrogens (tertiary/aromatic N) is 2. The number of hydrogen-bond acceptors (Lipinski definition) is 9. The smallest absolute Gasteiger partial charge is 0.306 e. The van der Waals surface area contributed by atoms with Crippen LogP contribution in [0, 0.1) is 35.5 Å². The van der Waals surface area contributed by atoms with E-state index in [0.29, 0.717) is 18.6 Å². The molecule has 11 nitrogen and oxygen atoms in total. The number of nitrogens with one attached hydrogen (secondary N) is 1. The van der Waals surface area contributed by atoms with Gasteiger partial charge in [-0.05, 0) is 86.0 Å². The highest BCUT2D eigenvalue weighted by Gasteiger charge is 2.61. The van der Waals surface area contributed by atoms with E-state index in [1.807, 2.05) is 57.2 Å². The highest BCUT2D eigenvalue weighted by molar-refractivity contribution is 7.90. The molecule has 7 rings (SSSR count). The van der Waals surface area contributed by atoms with Crippen LogP contribution in [0.4, 0.5) is 0 Å². The third-order valence-electron chi connectivity index (χ3n) is 12.5. The van der Waals surface area contributed by atoms with E-state index >= 15 is 0 Å². The van der Waals surface area contributed by atoms with Crippen molar-refractivity contribution in [3.63, 3.8) is 0 Å². The maximum atomic E-state index is 14.8. The molecule has 12 heteroatoms. The molecule has 2 amide bonds. The molecule has 0 spiro atoms. The number of amides is 2. The lowest BCUT2D eigenvalue weighted by Gasteiger charge is -2.35. The summed E-state index contributed by atoms with van der Waals surface area (Å²) >= 11 is 0. The Morgan fingerprint density at radius 1 is 1.09 bits per heavy atom. The van der Waals surface area contributed by atoms with Crippen molar-refractivity contribution in [2.24, 2.45) is 28.6 Å². The molecule has 1 saturated heterocycles. The first-order valence-corrected chi connectivity index (χ1v) is 21.9. The summed E-state index contributed by atoms with van der Waals surface area (Å²) < 4.78 is 40.6. The fourth-order valence-corrected chi connectivity index (χ4v) is 9.97. The molecule has 3 aromatic rings. The van der Waals surface area contributed by atoms with Crippen LogP contribution in [0.2, 0.25) is 0 Å². The zero-order valence-corrected chi connectivity index (χ0v) is 34.5. The number of sulfonamides is 1. The molecule has 57 heavy (non-hydrogen) atoms. The zero-order valence-electron chi connectivity index (χ0n) is 33.7. The number of carbonyl (C=O) groups excluding carboxylic acids is 4. The molecule has 1 unspecified atom stereocenters. The molecule has 0 radical (unpaired) electrons. The summed E-state index contributed by atoms with van der Waals surface area (Å²) in [6, 6.07) is 15.0. The lowest BCUT2D eigenvalue weighted by atomic mass is 9.77.